The molecule has 1 aliphatic rings. The molecule has 0 radical (unpaired) electrons. The molecule has 1 heterocycles. The molecule has 0 saturated carbocycles. The number of aliphatic hydroxyl groups is 2. The van der Waals surface area contributed by atoms with Crippen LogP contribution in [-0.4, -0.2) is 61.6 Å². The third-order valence-electron chi connectivity index (χ3n) is 2.86. The van der Waals surface area contributed by atoms with Crippen molar-refractivity contribution >= 4 is 5.97 Å². The molecule has 1 aliphatic carbocycles. The molecular weight excluding hydrogens is 306 g/mol. The van der Waals surface area contributed by atoms with Gasteiger partial charge in [0.25, 0.3) is 0 Å². The number of aromatic amines is 1. The fourth-order valence-electron chi connectivity index (χ4n) is 1.66. The average Bonchev–Trinajstić information content (AvgIpc) is 3.05. The zero-order chi connectivity index (χ0) is 17.3. The van der Waals surface area contributed by atoms with Gasteiger partial charge < -0.3 is 24.8 Å². The molecule has 2 unspecified atom stereocenters. The van der Waals surface area contributed by atoms with Gasteiger partial charge in [-0.25, -0.2) is 4.79 Å². The molecule has 2 rings (SSSR count). The van der Waals surface area contributed by atoms with E-state index in [4.69, 9.17) is 19.7 Å². The third kappa shape index (κ3) is 5.25. The van der Waals surface area contributed by atoms with Crippen molar-refractivity contribution in [2.45, 2.75) is 31.8 Å². The Hall–Kier alpha value is -2.07. The smallest absolute Gasteiger partial charge is 0.342 e. The molecule has 0 saturated heterocycles. The van der Waals surface area contributed by atoms with Gasteiger partial charge in [0, 0.05) is 13.2 Å². The van der Waals surface area contributed by atoms with Crippen LogP contribution >= 0.6 is 0 Å². The lowest BCUT2D eigenvalue weighted by atomic mass is 9.93. The predicted molar refractivity (Wildman–Crippen MR) is 79.2 cm³/mol. The molecule has 23 heavy (non-hydrogen) atoms. The molecule has 0 amide bonds. The lowest BCUT2D eigenvalue weighted by Crippen LogP contribution is -2.47. The third-order valence-corrected chi connectivity index (χ3v) is 2.86. The highest BCUT2D eigenvalue weighted by Gasteiger charge is 2.40. The van der Waals surface area contributed by atoms with Gasteiger partial charge in [0.1, 0.15) is 11.8 Å². The number of H-pyrrole nitrogens is 1. The van der Waals surface area contributed by atoms with Gasteiger partial charge in [-0.1, -0.05) is 18.2 Å². The summed E-state index contributed by atoms with van der Waals surface area (Å²) >= 11 is 0. The van der Waals surface area contributed by atoms with Crippen LogP contribution in [0.5, 0.6) is 0 Å². The molecule has 0 spiro atoms. The Bertz CT molecular complexity index is 525. The summed E-state index contributed by atoms with van der Waals surface area (Å²) in [5, 5.41) is 36.8. The predicted octanol–water partition coefficient (Wildman–Crippen LogP) is 0.165. The van der Waals surface area contributed by atoms with Gasteiger partial charge in [-0.05, 0) is 19.9 Å². The minimum atomic E-state index is -2.16. The van der Waals surface area contributed by atoms with Crippen LogP contribution in [0.15, 0.2) is 30.5 Å². The van der Waals surface area contributed by atoms with E-state index < -0.39 is 24.0 Å². The van der Waals surface area contributed by atoms with E-state index in [2.05, 4.69) is 15.4 Å². The van der Waals surface area contributed by atoms with Crippen molar-refractivity contribution in [1.82, 2.24) is 15.4 Å². The van der Waals surface area contributed by atoms with E-state index >= 15 is 0 Å². The molecule has 0 fully saturated rings. The molecule has 0 bridgehead atoms. The fraction of sp³-hybridized carbons (Fsp3) is 0.500. The SMILES string of the molecule is CCOC(OCC)c1cn[nH]n1.O=C(O)C1(O)C=CC=CC1O. The molecule has 0 aromatic carbocycles. The highest BCUT2D eigenvalue weighted by Crippen LogP contribution is 2.18. The normalized spacial score (nSPS) is 22.7. The van der Waals surface area contributed by atoms with Gasteiger partial charge in [-0.3, -0.25) is 0 Å². The number of aromatic nitrogens is 3. The molecular formula is C14H21N3O6. The van der Waals surface area contributed by atoms with Gasteiger partial charge in [0.2, 0.25) is 11.9 Å². The van der Waals surface area contributed by atoms with Gasteiger partial charge in [0.05, 0.1) is 6.20 Å². The summed E-state index contributed by atoms with van der Waals surface area (Å²) < 4.78 is 10.6. The van der Waals surface area contributed by atoms with Crippen molar-refractivity contribution in [3.05, 3.63) is 36.2 Å². The van der Waals surface area contributed by atoms with E-state index in [1.165, 1.54) is 18.2 Å². The first-order valence-electron chi connectivity index (χ1n) is 7.04. The average molecular weight is 327 g/mol. The zero-order valence-corrected chi connectivity index (χ0v) is 12.9. The minimum absolute atomic E-state index is 0.390. The Morgan fingerprint density at radius 1 is 1.39 bits per heavy atom. The number of hydrogen-bond acceptors (Lipinski definition) is 7. The van der Waals surface area contributed by atoms with Crippen molar-refractivity contribution in [3.63, 3.8) is 0 Å². The van der Waals surface area contributed by atoms with Crippen LogP contribution in [0, 0.1) is 0 Å². The van der Waals surface area contributed by atoms with Crippen molar-refractivity contribution < 1.29 is 29.6 Å². The number of carboxylic acids is 1. The maximum Gasteiger partial charge on any atom is 0.342 e. The van der Waals surface area contributed by atoms with Gasteiger partial charge in [0.15, 0.2) is 0 Å². The number of aliphatic hydroxyl groups excluding tert-OH is 1. The fourth-order valence-corrected chi connectivity index (χ4v) is 1.66. The number of nitrogens with one attached hydrogen (secondary N) is 1. The Labute approximate surface area is 133 Å². The minimum Gasteiger partial charge on any atom is -0.479 e. The highest BCUT2D eigenvalue weighted by atomic mass is 16.7. The van der Waals surface area contributed by atoms with Crippen LogP contribution in [0.3, 0.4) is 0 Å². The van der Waals surface area contributed by atoms with Crippen LogP contribution in [0.4, 0.5) is 0 Å². The van der Waals surface area contributed by atoms with Crippen LogP contribution in [0.2, 0.25) is 0 Å². The Kier molecular flexibility index (Phi) is 7.55. The van der Waals surface area contributed by atoms with Crippen LogP contribution in [-0.2, 0) is 14.3 Å². The van der Waals surface area contributed by atoms with E-state index in [-0.39, 0.29) is 0 Å². The Morgan fingerprint density at radius 2 is 2.04 bits per heavy atom. The number of rotatable bonds is 6. The lowest BCUT2D eigenvalue weighted by Gasteiger charge is -2.24. The van der Waals surface area contributed by atoms with E-state index in [1.54, 1.807) is 6.20 Å². The molecule has 128 valence electrons. The second-order valence-electron chi connectivity index (χ2n) is 4.46. The first-order chi connectivity index (χ1) is 11.0. The second kappa shape index (κ2) is 9.16. The van der Waals surface area contributed by atoms with Crippen LogP contribution < -0.4 is 0 Å². The molecule has 9 nitrogen and oxygen atoms in total. The molecule has 2 atom stereocenters. The highest BCUT2D eigenvalue weighted by molar-refractivity contribution is 5.81. The van der Waals surface area contributed by atoms with Gasteiger partial charge in [-0.15, -0.1) is 0 Å². The number of carboxylic acid groups (broad SMARTS) is 1. The zero-order valence-electron chi connectivity index (χ0n) is 12.9. The summed E-state index contributed by atoms with van der Waals surface area (Å²) in [4.78, 5) is 10.4. The first-order valence-corrected chi connectivity index (χ1v) is 7.04. The molecule has 1 aromatic heterocycles. The number of nitrogens with zero attached hydrogens (tertiary/aromatic N) is 2. The van der Waals surface area contributed by atoms with Crippen molar-refractivity contribution in [2.24, 2.45) is 0 Å². The molecule has 9 heteroatoms. The number of allylic oxidation sites excluding steroid dienone is 2. The Balaban J connectivity index is 0.000000231. The van der Waals surface area contributed by atoms with E-state index in [9.17, 15) is 9.90 Å². The van der Waals surface area contributed by atoms with Crippen LogP contribution in [0.25, 0.3) is 0 Å². The van der Waals surface area contributed by atoms with Crippen molar-refractivity contribution in [3.8, 4) is 0 Å². The molecule has 4 N–H and O–H groups in total. The molecule has 0 aliphatic heterocycles. The van der Waals surface area contributed by atoms with E-state index in [0.717, 1.165) is 6.08 Å². The first kappa shape index (κ1) is 19.0. The summed E-state index contributed by atoms with van der Waals surface area (Å²) in [7, 11) is 0. The van der Waals surface area contributed by atoms with Gasteiger partial charge in [-0.2, -0.15) is 15.4 Å². The summed E-state index contributed by atoms with van der Waals surface area (Å²) in [6.45, 7) is 5.01. The quantitative estimate of drug-likeness (QED) is 0.542. The van der Waals surface area contributed by atoms with Crippen molar-refractivity contribution in [2.75, 3.05) is 13.2 Å². The standard InChI is InChI=1S/C7H13N3O2.C7H8O4/c1-3-11-7(12-4-2)6-5-8-10-9-6;8-5-3-1-2-4-7(5,11)6(9)10/h5,7H,3-4H2,1-2H3,(H,8,9,10);1-5,8,11H,(H,9,10). The van der Waals surface area contributed by atoms with Gasteiger partial charge >= 0.3 is 5.97 Å². The largest absolute Gasteiger partial charge is 0.479 e. The maximum absolute atomic E-state index is 10.4. The molecule has 1 aromatic rings. The van der Waals surface area contributed by atoms with E-state index in [1.807, 2.05) is 13.8 Å². The summed E-state index contributed by atoms with van der Waals surface area (Å²) in [5.41, 5.74) is -1.48. The maximum atomic E-state index is 10.4. The van der Waals surface area contributed by atoms with Crippen LogP contribution in [0.1, 0.15) is 25.8 Å². The number of aliphatic carboxylic acids is 1. The number of hydrogen-bond donors (Lipinski definition) is 4. The topological polar surface area (TPSA) is 138 Å². The monoisotopic (exact) mass is 327 g/mol. The summed E-state index contributed by atoms with van der Waals surface area (Å²) in [5.74, 6) is -1.45. The number of ether oxygens (including phenoxy) is 2. The summed E-state index contributed by atoms with van der Waals surface area (Å²) in [6, 6.07) is 0. The van der Waals surface area contributed by atoms with E-state index in [0.29, 0.717) is 18.9 Å². The second-order valence-corrected chi connectivity index (χ2v) is 4.46. The Morgan fingerprint density at radius 3 is 2.43 bits per heavy atom. The lowest BCUT2D eigenvalue weighted by molar-refractivity contribution is -0.160. The number of carbonyl (C=O) groups is 1. The summed E-state index contributed by atoms with van der Waals surface area (Å²) in [6.07, 6.45) is 4.94. The van der Waals surface area contributed by atoms with Crippen molar-refractivity contribution in [1.29, 1.82) is 0 Å².